The van der Waals surface area contributed by atoms with Gasteiger partial charge in [0.15, 0.2) is 0 Å². The Labute approximate surface area is 312 Å². The highest BCUT2D eigenvalue weighted by Gasteiger charge is 2.17. The molecule has 3 saturated heterocycles. The normalized spacial score (nSPS) is 17.0. The van der Waals surface area contributed by atoms with Crippen LogP contribution in [0.1, 0.15) is 55.2 Å². The molecule has 0 aliphatic carbocycles. The van der Waals surface area contributed by atoms with Crippen molar-refractivity contribution in [3.8, 4) is 0 Å². The summed E-state index contributed by atoms with van der Waals surface area (Å²) in [7, 11) is 1.00. The van der Waals surface area contributed by atoms with Crippen LogP contribution in [0.25, 0.3) is 0 Å². The number of nitrogens with two attached hydrogens (primary N) is 4. The van der Waals surface area contributed by atoms with Gasteiger partial charge in [0.05, 0.1) is 9.85 Å². The minimum atomic E-state index is -0.433. The van der Waals surface area contributed by atoms with Crippen LogP contribution < -0.4 is 28.3 Å². The second-order valence-corrected chi connectivity index (χ2v) is 13.3. The minimum Gasteiger partial charge on any atom is -0.400 e. The second kappa shape index (κ2) is 25.3. The van der Waals surface area contributed by atoms with E-state index in [0.29, 0.717) is 24.0 Å². The van der Waals surface area contributed by atoms with Crippen LogP contribution in [0, 0.1) is 20.2 Å². The molecule has 0 bridgehead atoms. The zero-order valence-corrected chi connectivity index (χ0v) is 31.1. The lowest BCUT2D eigenvalue weighted by atomic mass is 10.1. The van der Waals surface area contributed by atoms with Crippen molar-refractivity contribution >= 4 is 28.7 Å². The summed E-state index contributed by atoms with van der Waals surface area (Å²) < 4.78 is 0. The van der Waals surface area contributed by atoms with Gasteiger partial charge in [0.1, 0.15) is 0 Å². The van der Waals surface area contributed by atoms with Crippen LogP contribution in [0.3, 0.4) is 0 Å². The fourth-order valence-corrected chi connectivity index (χ4v) is 5.81. The van der Waals surface area contributed by atoms with Gasteiger partial charge in [-0.25, -0.2) is 0 Å². The molecule has 3 aromatic rings. The third-order valence-electron chi connectivity index (χ3n) is 8.89. The van der Waals surface area contributed by atoms with Gasteiger partial charge in [0.2, 0.25) is 0 Å². The zero-order chi connectivity index (χ0) is 38.3. The fraction of sp³-hybridized carbons (Fsp3) is 0.514. The fourth-order valence-electron chi connectivity index (χ4n) is 5.64. The van der Waals surface area contributed by atoms with E-state index in [0.717, 1.165) is 115 Å². The molecule has 15 heteroatoms. The van der Waals surface area contributed by atoms with Crippen LogP contribution >= 0.6 is 11.6 Å². The number of hydrogen-bond acceptors (Lipinski definition) is 12. The maximum atomic E-state index is 10.5. The molecule has 3 aliphatic rings. The molecule has 0 unspecified atom stereocenters. The number of nitrogens with zero attached hydrogens (tertiary/aromatic N) is 4. The Morgan fingerprint density at radius 3 is 1.27 bits per heavy atom. The van der Waals surface area contributed by atoms with Gasteiger partial charge in [-0.15, -0.1) is 11.6 Å². The third kappa shape index (κ3) is 18.2. The molecule has 288 valence electrons. The lowest BCUT2D eigenvalue weighted by Gasteiger charge is -2.30. The summed E-state index contributed by atoms with van der Waals surface area (Å²) in [4.78, 5) is 24.7. The molecule has 6 rings (SSSR count). The van der Waals surface area contributed by atoms with Gasteiger partial charge in [-0.05, 0) is 107 Å². The van der Waals surface area contributed by atoms with Crippen LogP contribution in [-0.4, -0.2) is 89.3 Å². The summed E-state index contributed by atoms with van der Waals surface area (Å²) in [5, 5.41) is 30.9. The average Bonchev–Trinajstić information content (AvgIpc) is 3.16. The lowest BCUT2D eigenvalue weighted by molar-refractivity contribution is -0.385. The number of aliphatic hydroxyl groups is 1. The van der Waals surface area contributed by atoms with Crippen LogP contribution in [-0.2, 0) is 19.0 Å². The molecule has 52 heavy (non-hydrogen) atoms. The summed E-state index contributed by atoms with van der Waals surface area (Å²) >= 11 is 5.49. The summed E-state index contributed by atoms with van der Waals surface area (Å²) in [6.07, 6.45) is 6.61. The van der Waals surface area contributed by atoms with E-state index in [9.17, 15) is 20.2 Å². The standard InChI is InChI=1S/C12H17N3O2.C12H19N3.C7H6ClNO2.C5H12N2.CH4O/c13-11-5-7-14(8-6-11)9-10-1-3-12(4-2-10)15(16)17;13-11-3-1-10(2-4-11)9-15-7-5-12(14)6-8-15;8-5-6-1-3-7(4-2-6)9(10)11;6-5-1-3-7-4-2-5;1-2/h1-4,11H,5-9,13H2;1-4,12H,5-9,13-14H2;1-4H,5H2;5,7H,1-4,6H2;2H,1H3. The Balaban J connectivity index is 0.000000246. The van der Waals surface area contributed by atoms with Crippen LogP contribution in [0.5, 0.6) is 0 Å². The molecule has 0 atom stereocenters. The molecule has 0 amide bonds. The first kappa shape index (κ1) is 44.4. The van der Waals surface area contributed by atoms with Gasteiger partial charge in [0.25, 0.3) is 11.4 Å². The van der Waals surface area contributed by atoms with Crippen molar-refractivity contribution in [2.24, 2.45) is 17.2 Å². The first-order chi connectivity index (χ1) is 25.0. The van der Waals surface area contributed by atoms with Crippen molar-refractivity contribution in [1.29, 1.82) is 0 Å². The molecule has 3 fully saturated rings. The van der Waals surface area contributed by atoms with Crippen molar-refractivity contribution in [3.05, 3.63) is 110 Å². The van der Waals surface area contributed by atoms with Crippen molar-refractivity contribution in [2.45, 2.75) is 75.6 Å². The first-order valence-electron chi connectivity index (χ1n) is 17.8. The molecular weight excluding hydrogens is 686 g/mol. The van der Waals surface area contributed by atoms with Crippen molar-refractivity contribution in [1.82, 2.24) is 15.1 Å². The Morgan fingerprint density at radius 2 is 0.962 bits per heavy atom. The number of alkyl halides is 1. The molecule has 3 aliphatic heterocycles. The van der Waals surface area contributed by atoms with E-state index in [1.807, 2.05) is 24.3 Å². The zero-order valence-electron chi connectivity index (χ0n) is 30.3. The van der Waals surface area contributed by atoms with Crippen LogP contribution in [0.4, 0.5) is 17.1 Å². The number of halogens is 1. The van der Waals surface area contributed by atoms with E-state index in [2.05, 4.69) is 27.2 Å². The van der Waals surface area contributed by atoms with Crippen molar-refractivity contribution < 1.29 is 15.0 Å². The Kier molecular flexibility index (Phi) is 21.6. The summed E-state index contributed by atoms with van der Waals surface area (Å²) in [5.41, 5.74) is 27.4. The molecule has 14 nitrogen and oxygen atoms in total. The average molecular weight is 744 g/mol. The number of benzene rings is 3. The number of likely N-dealkylation sites (tertiary alicyclic amines) is 2. The van der Waals surface area contributed by atoms with E-state index in [-0.39, 0.29) is 16.3 Å². The minimum absolute atomic E-state index is 0.0962. The van der Waals surface area contributed by atoms with E-state index >= 15 is 0 Å². The van der Waals surface area contributed by atoms with E-state index in [1.54, 1.807) is 24.3 Å². The number of rotatable bonds is 7. The van der Waals surface area contributed by atoms with E-state index in [1.165, 1.54) is 17.7 Å². The maximum absolute atomic E-state index is 10.5. The summed E-state index contributed by atoms with van der Waals surface area (Å²) in [5.74, 6) is 0.387. The Morgan fingerprint density at radius 1 is 0.635 bits per heavy atom. The topological polar surface area (TPSA) is 229 Å². The molecule has 0 saturated carbocycles. The quantitative estimate of drug-likeness (QED) is 0.0859. The number of piperidine rings is 3. The molecule has 10 N–H and O–H groups in total. The number of aliphatic hydroxyl groups excluding tert-OH is 1. The van der Waals surface area contributed by atoms with Gasteiger partial charge < -0.3 is 33.4 Å². The Bertz CT molecular complexity index is 1400. The van der Waals surface area contributed by atoms with E-state index in [4.69, 9.17) is 39.6 Å². The molecule has 0 spiro atoms. The number of nitrogen functional groups attached to an aromatic ring is 1. The Hall–Kier alpha value is -3.73. The summed E-state index contributed by atoms with van der Waals surface area (Å²) in [6.45, 7) is 8.35. The van der Waals surface area contributed by atoms with Crippen LogP contribution in [0.2, 0.25) is 0 Å². The van der Waals surface area contributed by atoms with E-state index < -0.39 is 4.92 Å². The molecule has 3 aromatic carbocycles. The van der Waals surface area contributed by atoms with Gasteiger partial charge in [0, 0.05) is 74.2 Å². The highest BCUT2D eigenvalue weighted by molar-refractivity contribution is 6.17. The van der Waals surface area contributed by atoms with Gasteiger partial charge in [-0.1, -0.05) is 36.4 Å². The molecule has 0 aromatic heterocycles. The first-order valence-corrected chi connectivity index (χ1v) is 18.3. The predicted molar refractivity (Wildman–Crippen MR) is 210 cm³/mol. The number of non-ortho nitro benzene ring substituents is 2. The summed E-state index contributed by atoms with van der Waals surface area (Å²) in [6, 6.07) is 22.3. The number of nitro benzene ring substituents is 2. The van der Waals surface area contributed by atoms with Crippen LogP contribution in [0.15, 0.2) is 72.8 Å². The predicted octanol–water partition coefficient (Wildman–Crippen LogP) is 4.35. The largest absolute Gasteiger partial charge is 0.400 e. The smallest absolute Gasteiger partial charge is 0.269 e. The number of nitro groups is 2. The number of anilines is 1. The molecular formula is C37H58ClN9O5. The maximum Gasteiger partial charge on any atom is 0.269 e. The number of nitrogens with one attached hydrogen (secondary N) is 1. The van der Waals surface area contributed by atoms with Gasteiger partial charge >= 0.3 is 0 Å². The monoisotopic (exact) mass is 743 g/mol. The van der Waals surface area contributed by atoms with Crippen molar-refractivity contribution in [3.63, 3.8) is 0 Å². The van der Waals surface area contributed by atoms with Crippen molar-refractivity contribution in [2.75, 3.05) is 52.1 Å². The molecule has 0 radical (unpaired) electrons. The SMILES string of the molecule is CO.NC1CCN(Cc2ccc([N+](=O)[O-])cc2)CC1.NC1CCNCC1.Nc1ccc(CN2CCC(N)CC2)cc1.O=[N+]([O-])c1ccc(CCl)cc1. The van der Waals surface area contributed by atoms with Gasteiger partial charge in [-0.2, -0.15) is 0 Å². The number of hydrogen-bond donors (Lipinski definition) is 6. The highest BCUT2D eigenvalue weighted by Crippen LogP contribution is 2.17. The third-order valence-corrected chi connectivity index (χ3v) is 9.20. The van der Waals surface area contributed by atoms with Gasteiger partial charge in [-0.3, -0.25) is 30.0 Å². The second-order valence-electron chi connectivity index (χ2n) is 13.0. The lowest BCUT2D eigenvalue weighted by Crippen LogP contribution is -2.39. The highest BCUT2D eigenvalue weighted by atomic mass is 35.5. The molecule has 3 heterocycles.